The van der Waals surface area contributed by atoms with E-state index in [2.05, 4.69) is 10.1 Å². The Morgan fingerprint density at radius 3 is 2.69 bits per heavy atom. The lowest BCUT2D eigenvalue weighted by atomic mass is 10.2. The van der Waals surface area contributed by atoms with Crippen LogP contribution < -0.4 is 5.32 Å². The molecule has 16 heavy (non-hydrogen) atoms. The number of hydrogen-bond acceptors (Lipinski definition) is 3. The lowest BCUT2D eigenvalue weighted by Crippen LogP contribution is -2.17. The molecule has 0 radical (unpaired) electrons. The van der Waals surface area contributed by atoms with Crippen LogP contribution in [0.4, 0.5) is 5.69 Å². The standard InChI is InChI=1S/C11H12ClNO3/c1-7-5-8(3-4-9(7)12)13-10(14)6-11(15)16-2/h3-5H,6H2,1-2H3,(H,13,14). The molecule has 1 N–H and O–H groups in total. The van der Waals surface area contributed by atoms with Gasteiger partial charge in [0.1, 0.15) is 6.42 Å². The van der Waals surface area contributed by atoms with Gasteiger partial charge in [-0.2, -0.15) is 0 Å². The topological polar surface area (TPSA) is 55.4 Å². The van der Waals surface area contributed by atoms with E-state index in [-0.39, 0.29) is 6.42 Å². The monoisotopic (exact) mass is 241 g/mol. The molecule has 0 aliphatic carbocycles. The fraction of sp³-hybridized carbons (Fsp3) is 0.273. The summed E-state index contributed by atoms with van der Waals surface area (Å²) < 4.78 is 4.38. The van der Waals surface area contributed by atoms with Crippen molar-refractivity contribution in [3.8, 4) is 0 Å². The van der Waals surface area contributed by atoms with Crippen LogP contribution in [0.1, 0.15) is 12.0 Å². The number of rotatable bonds is 3. The molecule has 1 rings (SSSR count). The molecule has 0 spiro atoms. The van der Waals surface area contributed by atoms with Crippen molar-refractivity contribution in [2.45, 2.75) is 13.3 Å². The molecule has 5 heteroatoms. The number of carbonyl (C=O) groups excluding carboxylic acids is 2. The predicted molar refractivity (Wildman–Crippen MR) is 61.5 cm³/mol. The molecule has 0 saturated heterocycles. The van der Waals surface area contributed by atoms with E-state index in [0.29, 0.717) is 10.7 Å². The summed E-state index contributed by atoms with van der Waals surface area (Å²) in [4.78, 5) is 22.2. The summed E-state index contributed by atoms with van der Waals surface area (Å²) in [7, 11) is 1.24. The van der Waals surface area contributed by atoms with Crippen LogP contribution >= 0.6 is 11.6 Å². The lowest BCUT2D eigenvalue weighted by Gasteiger charge is -2.06. The van der Waals surface area contributed by atoms with Crippen molar-refractivity contribution in [1.82, 2.24) is 0 Å². The van der Waals surface area contributed by atoms with Gasteiger partial charge in [-0.1, -0.05) is 11.6 Å². The highest BCUT2D eigenvalue weighted by molar-refractivity contribution is 6.31. The molecule has 0 unspecified atom stereocenters. The first-order valence-corrected chi connectivity index (χ1v) is 5.03. The average Bonchev–Trinajstić information content (AvgIpc) is 2.23. The maximum atomic E-state index is 11.3. The van der Waals surface area contributed by atoms with E-state index in [1.54, 1.807) is 18.2 Å². The highest BCUT2D eigenvalue weighted by Gasteiger charge is 2.09. The third kappa shape index (κ3) is 3.55. The van der Waals surface area contributed by atoms with Crippen LogP contribution in [-0.4, -0.2) is 19.0 Å². The highest BCUT2D eigenvalue weighted by Crippen LogP contribution is 2.19. The van der Waals surface area contributed by atoms with Gasteiger partial charge in [0, 0.05) is 10.7 Å². The van der Waals surface area contributed by atoms with E-state index in [1.165, 1.54) is 7.11 Å². The van der Waals surface area contributed by atoms with Crippen LogP contribution in [0.5, 0.6) is 0 Å². The van der Waals surface area contributed by atoms with Crippen LogP contribution in [0.15, 0.2) is 18.2 Å². The zero-order valence-corrected chi connectivity index (χ0v) is 9.80. The molecule has 1 aromatic carbocycles. The van der Waals surface area contributed by atoms with Gasteiger partial charge in [-0.25, -0.2) is 0 Å². The zero-order chi connectivity index (χ0) is 12.1. The number of benzene rings is 1. The van der Waals surface area contributed by atoms with Gasteiger partial charge in [0.15, 0.2) is 0 Å². The normalized spacial score (nSPS) is 9.69. The van der Waals surface area contributed by atoms with E-state index in [0.717, 1.165) is 5.56 Å². The minimum Gasteiger partial charge on any atom is -0.469 e. The quantitative estimate of drug-likeness (QED) is 0.652. The van der Waals surface area contributed by atoms with Crippen molar-refractivity contribution in [3.63, 3.8) is 0 Å². The number of carbonyl (C=O) groups is 2. The molecular formula is C11H12ClNO3. The molecule has 1 amide bonds. The maximum absolute atomic E-state index is 11.3. The number of ether oxygens (including phenoxy) is 1. The Kier molecular flexibility index (Phi) is 4.31. The van der Waals surface area contributed by atoms with Crippen LogP contribution in [0.2, 0.25) is 5.02 Å². The Bertz CT molecular complexity index is 418. The number of aryl methyl sites for hydroxylation is 1. The summed E-state index contributed by atoms with van der Waals surface area (Å²) in [6.07, 6.45) is -0.293. The molecule has 0 fully saturated rings. The first-order chi connectivity index (χ1) is 7.52. The Balaban J connectivity index is 2.63. The van der Waals surface area contributed by atoms with Crippen molar-refractivity contribution >= 4 is 29.2 Å². The molecule has 86 valence electrons. The second-order valence-electron chi connectivity index (χ2n) is 3.27. The molecule has 0 bridgehead atoms. The summed E-state index contributed by atoms with van der Waals surface area (Å²) in [6.45, 7) is 1.83. The minimum absolute atomic E-state index is 0.293. The van der Waals surface area contributed by atoms with E-state index in [1.807, 2.05) is 6.92 Å². The first kappa shape index (κ1) is 12.5. The second-order valence-corrected chi connectivity index (χ2v) is 3.67. The van der Waals surface area contributed by atoms with Crippen LogP contribution in [0.25, 0.3) is 0 Å². The lowest BCUT2D eigenvalue weighted by molar-refractivity contribution is -0.142. The fourth-order valence-corrected chi connectivity index (χ4v) is 1.25. The Labute approximate surface area is 98.5 Å². The van der Waals surface area contributed by atoms with Crippen molar-refractivity contribution in [2.24, 2.45) is 0 Å². The molecule has 1 aromatic rings. The van der Waals surface area contributed by atoms with Gasteiger partial charge in [-0.15, -0.1) is 0 Å². The number of esters is 1. The van der Waals surface area contributed by atoms with Crippen molar-refractivity contribution in [1.29, 1.82) is 0 Å². The predicted octanol–water partition coefficient (Wildman–Crippen LogP) is 2.15. The molecule has 0 aliphatic rings. The number of amides is 1. The molecular weight excluding hydrogens is 230 g/mol. The number of methoxy groups -OCH3 is 1. The van der Waals surface area contributed by atoms with Crippen molar-refractivity contribution in [2.75, 3.05) is 12.4 Å². The average molecular weight is 242 g/mol. The van der Waals surface area contributed by atoms with Crippen LogP contribution in [-0.2, 0) is 14.3 Å². The van der Waals surface area contributed by atoms with E-state index in [4.69, 9.17) is 11.6 Å². The fourth-order valence-electron chi connectivity index (χ4n) is 1.13. The number of hydrogen-bond donors (Lipinski definition) is 1. The third-order valence-corrected chi connectivity index (χ3v) is 2.40. The van der Waals surface area contributed by atoms with Gasteiger partial charge >= 0.3 is 5.97 Å². The summed E-state index contributed by atoms with van der Waals surface area (Å²) in [5, 5.41) is 3.21. The van der Waals surface area contributed by atoms with Gasteiger partial charge < -0.3 is 10.1 Å². The largest absolute Gasteiger partial charge is 0.469 e. The zero-order valence-electron chi connectivity index (χ0n) is 9.04. The molecule has 0 atom stereocenters. The summed E-state index contributed by atoms with van der Waals surface area (Å²) in [6, 6.07) is 5.09. The molecule has 0 saturated carbocycles. The first-order valence-electron chi connectivity index (χ1n) is 4.65. The molecule has 4 nitrogen and oxygen atoms in total. The number of anilines is 1. The molecule has 0 heterocycles. The van der Waals surface area contributed by atoms with Gasteiger partial charge in [0.25, 0.3) is 0 Å². The van der Waals surface area contributed by atoms with E-state index in [9.17, 15) is 9.59 Å². The summed E-state index contributed by atoms with van der Waals surface area (Å²) >= 11 is 5.84. The van der Waals surface area contributed by atoms with E-state index >= 15 is 0 Å². The van der Waals surface area contributed by atoms with Gasteiger partial charge in [-0.05, 0) is 30.7 Å². The van der Waals surface area contributed by atoms with Crippen molar-refractivity contribution in [3.05, 3.63) is 28.8 Å². The minimum atomic E-state index is -0.566. The van der Waals surface area contributed by atoms with Crippen molar-refractivity contribution < 1.29 is 14.3 Å². The SMILES string of the molecule is COC(=O)CC(=O)Nc1ccc(Cl)c(C)c1. The van der Waals surface area contributed by atoms with Gasteiger partial charge in [0.05, 0.1) is 7.11 Å². The Morgan fingerprint density at radius 2 is 2.12 bits per heavy atom. The molecule has 0 aromatic heterocycles. The molecule has 0 aliphatic heterocycles. The van der Waals surface area contributed by atoms with Crippen LogP contribution in [0, 0.1) is 6.92 Å². The Hall–Kier alpha value is -1.55. The summed E-state index contributed by atoms with van der Waals surface area (Å²) in [5.74, 6) is -0.975. The van der Waals surface area contributed by atoms with Gasteiger partial charge in [0.2, 0.25) is 5.91 Å². The maximum Gasteiger partial charge on any atom is 0.315 e. The Morgan fingerprint density at radius 1 is 1.44 bits per heavy atom. The smallest absolute Gasteiger partial charge is 0.315 e. The van der Waals surface area contributed by atoms with Crippen LogP contribution in [0.3, 0.4) is 0 Å². The third-order valence-electron chi connectivity index (χ3n) is 1.97. The number of halogens is 1. The highest BCUT2D eigenvalue weighted by atomic mass is 35.5. The summed E-state index contributed by atoms with van der Waals surface area (Å²) in [5.41, 5.74) is 1.47. The second kappa shape index (κ2) is 5.51. The van der Waals surface area contributed by atoms with Gasteiger partial charge in [-0.3, -0.25) is 9.59 Å². The number of nitrogens with one attached hydrogen (secondary N) is 1. The van der Waals surface area contributed by atoms with E-state index < -0.39 is 11.9 Å².